The Bertz CT molecular complexity index is 473. The van der Waals surface area contributed by atoms with E-state index in [9.17, 15) is 9.90 Å². The molecule has 0 aliphatic carbocycles. The van der Waals surface area contributed by atoms with E-state index in [4.69, 9.17) is 4.74 Å². The van der Waals surface area contributed by atoms with E-state index >= 15 is 0 Å². The number of carboxylic acids is 1. The summed E-state index contributed by atoms with van der Waals surface area (Å²) in [5, 5.41) is 9.42. The molecule has 1 heterocycles. The van der Waals surface area contributed by atoms with Gasteiger partial charge in [0.05, 0.1) is 12.5 Å². The fourth-order valence-electron chi connectivity index (χ4n) is 2.68. The van der Waals surface area contributed by atoms with Crippen LogP contribution in [0, 0.1) is 5.92 Å². The molecular formula is C17H25NO3. The van der Waals surface area contributed by atoms with Crippen LogP contribution in [0.1, 0.15) is 37.3 Å². The van der Waals surface area contributed by atoms with Crippen LogP contribution in [0.5, 0.6) is 0 Å². The third kappa shape index (κ3) is 4.55. The second-order valence-corrected chi connectivity index (χ2v) is 6.12. The van der Waals surface area contributed by atoms with E-state index in [1.807, 2.05) is 24.3 Å². The number of benzene rings is 1. The van der Waals surface area contributed by atoms with Gasteiger partial charge in [0.25, 0.3) is 0 Å². The zero-order valence-electron chi connectivity index (χ0n) is 12.9. The molecule has 0 amide bonds. The molecule has 0 fully saturated rings. The summed E-state index contributed by atoms with van der Waals surface area (Å²) in [6.45, 7) is 7.99. The Balaban J connectivity index is 1.88. The molecule has 1 aromatic rings. The molecule has 1 aliphatic heterocycles. The van der Waals surface area contributed by atoms with E-state index in [0.717, 1.165) is 37.2 Å². The summed E-state index contributed by atoms with van der Waals surface area (Å²) in [6.07, 6.45) is 1.07. The second kappa shape index (κ2) is 7.57. The molecule has 4 heteroatoms. The lowest BCUT2D eigenvalue weighted by atomic mass is 9.90. The molecule has 0 saturated heterocycles. The minimum absolute atomic E-state index is 0.425. The topological polar surface area (TPSA) is 49.8 Å². The molecule has 0 spiro atoms. The predicted molar refractivity (Wildman–Crippen MR) is 82.4 cm³/mol. The van der Waals surface area contributed by atoms with E-state index in [1.165, 1.54) is 0 Å². The Kier molecular flexibility index (Phi) is 5.76. The lowest BCUT2D eigenvalue weighted by Gasteiger charge is -2.32. The number of fused-ring (bicyclic) bond motifs is 1. The number of carbonyl (C=O) groups is 1. The molecule has 0 bridgehead atoms. The number of ether oxygens (including phenoxy) is 1. The van der Waals surface area contributed by atoms with Gasteiger partial charge in [0, 0.05) is 26.2 Å². The summed E-state index contributed by atoms with van der Waals surface area (Å²) in [7, 11) is 0. The number of carboxylic acid groups (broad SMARTS) is 1. The van der Waals surface area contributed by atoms with Gasteiger partial charge in [-0.2, -0.15) is 0 Å². The van der Waals surface area contributed by atoms with Crippen molar-refractivity contribution in [3.63, 3.8) is 0 Å². The molecule has 2 rings (SSSR count). The van der Waals surface area contributed by atoms with Gasteiger partial charge in [-0.25, -0.2) is 0 Å². The SMILES string of the molecule is CC(C)CCOCCN1Cc2ccccc2C(C(=O)O)C1. The Hall–Kier alpha value is -1.39. The monoisotopic (exact) mass is 291 g/mol. The first kappa shape index (κ1) is 16.0. The van der Waals surface area contributed by atoms with Crippen molar-refractivity contribution in [2.24, 2.45) is 5.92 Å². The van der Waals surface area contributed by atoms with Crippen molar-refractivity contribution in [1.82, 2.24) is 4.90 Å². The van der Waals surface area contributed by atoms with Crippen LogP contribution in [-0.2, 0) is 16.1 Å². The van der Waals surface area contributed by atoms with E-state index in [-0.39, 0.29) is 0 Å². The van der Waals surface area contributed by atoms with Gasteiger partial charge < -0.3 is 9.84 Å². The van der Waals surface area contributed by atoms with E-state index in [2.05, 4.69) is 18.7 Å². The van der Waals surface area contributed by atoms with Gasteiger partial charge in [-0.05, 0) is 23.5 Å². The van der Waals surface area contributed by atoms with Gasteiger partial charge in [-0.1, -0.05) is 38.1 Å². The summed E-state index contributed by atoms with van der Waals surface area (Å²) in [5.74, 6) is -0.512. The lowest BCUT2D eigenvalue weighted by Crippen LogP contribution is -2.38. The number of nitrogens with zero attached hydrogens (tertiary/aromatic N) is 1. The van der Waals surface area contributed by atoms with Gasteiger partial charge in [0.1, 0.15) is 0 Å². The number of aliphatic carboxylic acids is 1. The number of hydrogen-bond donors (Lipinski definition) is 1. The van der Waals surface area contributed by atoms with Crippen molar-refractivity contribution in [1.29, 1.82) is 0 Å². The zero-order chi connectivity index (χ0) is 15.2. The summed E-state index contributed by atoms with van der Waals surface area (Å²) < 4.78 is 5.64. The van der Waals surface area contributed by atoms with Crippen molar-refractivity contribution in [3.05, 3.63) is 35.4 Å². The highest BCUT2D eigenvalue weighted by molar-refractivity contribution is 5.77. The first-order valence-electron chi connectivity index (χ1n) is 7.68. The highest BCUT2D eigenvalue weighted by Gasteiger charge is 2.29. The van der Waals surface area contributed by atoms with E-state index < -0.39 is 11.9 Å². The Labute approximate surface area is 126 Å². The van der Waals surface area contributed by atoms with Crippen molar-refractivity contribution in [3.8, 4) is 0 Å². The summed E-state index contributed by atoms with van der Waals surface area (Å²) in [5.41, 5.74) is 2.08. The Morgan fingerprint density at radius 1 is 1.38 bits per heavy atom. The molecule has 1 atom stereocenters. The van der Waals surface area contributed by atoms with Gasteiger partial charge >= 0.3 is 5.97 Å². The highest BCUT2D eigenvalue weighted by atomic mass is 16.5. The fourth-order valence-corrected chi connectivity index (χ4v) is 2.68. The van der Waals surface area contributed by atoms with Gasteiger partial charge in [0.2, 0.25) is 0 Å². The number of rotatable bonds is 7. The van der Waals surface area contributed by atoms with Crippen molar-refractivity contribution < 1.29 is 14.6 Å². The molecule has 0 saturated carbocycles. The van der Waals surface area contributed by atoms with Crippen LogP contribution in [0.3, 0.4) is 0 Å². The van der Waals surface area contributed by atoms with Crippen molar-refractivity contribution in [2.75, 3.05) is 26.3 Å². The number of hydrogen-bond acceptors (Lipinski definition) is 3. The normalized spacial score (nSPS) is 18.7. The maximum atomic E-state index is 11.5. The quantitative estimate of drug-likeness (QED) is 0.785. The van der Waals surface area contributed by atoms with Crippen LogP contribution in [0.25, 0.3) is 0 Å². The van der Waals surface area contributed by atoms with Crippen molar-refractivity contribution >= 4 is 5.97 Å². The fraction of sp³-hybridized carbons (Fsp3) is 0.588. The third-order valence-corrected chi connectivity index (χ3v) is 3.95. The largest absolute Gasteiger partial charge is 0.481 e. The molecule has 4 nitrogen and oxygen atoms in total. The predicted octanol–water partition coefficient (Wildman–Crippen LogP) is 2.73. The van der Waals surface area contributed by atoms with Crippen LogP contribution in [0.4, 0.5) is 0 Å². The molecule has 1 aliphatic rings. The van der Waals surface area contributed by atoms with Crippen molar-refractivity contribution in [2.45, 2.75) is 32.7 Å². The minimum Gasteiger partial charge on any atom is -0.481 e. The van der Waals surface area contributed by atoms with Crippen LogP contribution >= 0.6 is 0 Å². The third-order valence-electron chi connectivity index (χ3n) is 3.95. The van der Waals surface area contributed by atoms with Crippen LogP contribution in [-0.4, -0.2) is 42.3 Å². The van der Waals surface area contributed by atoms with Gasteiger partial charge in [-0.15, -0.1) is 0 Å². The molecule has 0 radical (unpaired) electrons. The Morgan fingerprint density at radius 2 is 2.14 bits per heavy atom. The molecular weight excluding hydrogens is 266 g/mol. The lowest BCUT2D eigenvalue weighted by molar-refractivity contribution is -0.139. The zero-order valence-corrected chi connectivity index (χ0v) is 12.9. The standard InChI is InChI=1S/C17H25NO3/c1-13(2)7-9-21-10-8-18-11-14-5-3-4-6-15(14)16(12-18)17(19)20/h3-6,13,16H,7-12H2,1-2H3,(H,19,20). The summed E-state index contributed by atoms with van der Waals surface area (Å²) >= 11 is 0. The smallest absolute Gasteiger partial charge is 0.312 e. The first-order chi connectivity index (χ1) is 10.1. The van der Waals surface area contributed by atoms with E-state index in [0.29, 0.717) is 19.1 Å². The van der Waals surface area contributed by atoms with Crippen LogP contribution < -0.4 is 0 Å². The molecule has 1 unspecified atom stereocenters. The molecule has 116 valence electrons. The first-order valence-corrected chi connectivity index (χ1v) is 7.68. The van der Waals surface area contributed by atoms with Gasteiger partial charge in [0.15, 0.2) is 0 Å². The summed E-state index contributed by atoms with van der Waals surface area (Å²) in [6, 6.07) is 7.85. The molecule has 0 aromatic heterocycles. The average Bonchev–Trinajstić information content (AvgIpc) is 2.45. The maximum absolute atomic E-state index is 11.5. The summed E-state index contributed by atoms with van der Waals surface area (Å²) in [4.78, 5) is 13.6. The average molecular weight is 291 g/mol. The second-order valence-electron chi connectivity index (χ2n) is 6.12. The van der Waals surface area contributed by atoms with Crippen LogP contribution in [0.2, 0.25) is 0 Å². The van der Waals surface area contributed by atoms with Crippen LogP contribution in [0.15, 0.2) is 24.3 Å². The molecule has 21 heavy (non-hydrogen) atoms. The maximum Gasteiger partial charge on any atom is 0.312 e. The molecule has 1 aromatic carbocycles. The van der Waals surface area contributed by atoms with Gasteiger partial charge in [-0.3, -0.25) is 9.69 Å². The Morgan fingerprint density at radius 3 is 2.86 bits per heavy atom. The minimum atomic E-state index is -0.743. The molecule has 1 N–H and O–H groups in total. The highest BCUT2D eigenvalue weighted by Crippen LogP contribution is 2.28. The van der Waals surface area contributed by atoms with E-state index in [1.54, 1.807) is 0 Å².